The van der Waals surface area contributed by atoms with Crippen molar-refractivity contribution < 1.29 is 30.7 Å². The maximum absolute atomic E-state index is 14.6. The predicted molar refractivity (Wildman–Crippen MR) is 92.1 cm³/mol. The summed E-state index contributed by atoms with van der Waals surface area (Å²) in [7, 11) is 0. The number of aryl methyl sites for hydroxylation is 1. The molecule has 0 aromatic heterocycles. The number of hydrogen-bond donors (Lipinski definition) is 0. The van der Waals surface area contributed by atoms with Crippen molar-refractivity contribution >= 4 is 0 Å². The monoisotopic (exact) mass is 404 g/mol. The molecule has 0 spiro atoms. The molecule has 1 aliphatic rings. The lowest BCUT2D eigenvalue weighted by Crippen LogP contribution is -2.35. The van der Waals surface area contributed by atoms with E-state index in [0.717, 1.165) is 12.1 Å². The van der Waals surface area contributed by atoms with Crippen LogP contribution in [0, 0.1) is 23.3 Å². The molecule has 152 valence electrons. The quantitative estimate of drug-likeness (QED) is 0.477. The zero-order chi connectivity index (χ0) is 20.9. The molecule has 1 aliphatic carbocycles. The van der Waals surface area contributed by atoms with Gasteiger partial charge in [0, 0.05) is 12.0 Å². The van der Waals surface area contributed by atoms with Crippen molar-refractivity contribution in [3.8, 4) is 11.1 Å². The second-order valence-corrected chi connectivity index (χ2v) is 7.55. The van der Waals surface area contributed by atoms with Gasteiger partial charge in [0.15, 0.2) is 5.67 Å². The standard InChI is InChI=1S/C21H19F7/c1-3-4-11-5-14(22)18(15(23)6-11)12-7-16(24)19(17(25)8-12)13-9-20(2,26)21(27,28)10-13/h5-8,13H,3-4,9-10H2,1-2H3. The van der Waals surface area contributed by atoms with E-state index in [1.54, 1.807) is 0 Å². The third-order valence-electron chi connectivity index (χ3n) is 5.31. The van der Waals surface area contributed by atoms with Gasteiger partial charge in [-0.2, -0.15) is 0 Å². The lowest BCUT2D eigenvalue weighted by molar-refractivity contribution is -0.105. The van der Waals surface area contributed by atoms with E-state index in [9.17, 15) is 30.7 Å². The van der Waals surface area contributed by atoms with Crippen LogP contribution in [0.3, 0.4) is 0 Å². The van der Waals surface area contributed by atoms with Gasteiger partial charge in [-0.05, 0) is 61.1 Å². The molecule has 3 rings (SSSR count). The predicted octanol–water partition coefficient (Wildman–Crippen LogP) is 7.10. The molecular weight excluding hydrogens is 385 g/mol. The molecule has 2 atom stereocenters. The van der Waals surface area contributed by atoms with E-state index in [0.29, 0.717) is 37.5 Å². The van der Waals surface area contributed by atoms with Crippen molar-refractivity contribution in [1.29, 1.82) is 0 Å². The first-order chi connectivity index (χ1) is 13.0. The molecule has 0 N–H and O–H groups in total. The van der Waals surface area contributed by atoms with Gasteiger partial charge in [-0.1, -0.05) is 13.3 Å². The van der Waals surface area contributed by atoms with Crippen LogP contribution in [-0.2, 0) is 6.42 Å². The van der Waals surface area contributed by atoms with E-state index in [1.807, 2.05) is 6.92 Å². The maximum atomic E-state index is 14.6. The van der Waals surface area contributed by atoms with E-state index in [-0.39, 0.29) is 5.56 Å². The Morgan fingerprint density at radius 2 is 1.39 bits per heavy atom. The normalized spacial score (nSPS) is 24.0. The van der Waals surface area contributed by atoms with Crippen molar-refractivity contribution in [2.45, 2.75) is 57.0 Å². The smallest absolute Gasteiger partial charge is 0.238 e. The van der Waals surface area contributed by atoms with Gasteiger partial charge in [-0.15, -0.1) is 0 Å². The molecule has 0 saturated heterocycles. The Balaban J connectivity index is 2.03. The van der Waals surface area contributed by atoms with Gasteiger partial charge in [0.1, 0.15) is 23.3 Å². The first-order valence-electron chi connectivity index (χ1n) is 9.01. The number of rotatable bonds is 4. The van der Waals surface area contributed by atoms with E-state index in [1.165, 1.54) is 0 Å². The molecule has 0 aliphatic heterocycles. The van der Waals surface area contributed by atoms with Crippen LogP contribution in [0.15, 0.2) is 24.3 Å². The largest absolute Gasteiger partial charge is 0.281 e. The first kappa shape index (κ1) is 20.7. The number of alkyl halides is 3. The van der Waals surface area contributed by atoms with E-state index in [4.69, 9.17) is 0 Å². The molecule has 0 nitrogen and oxygen atoms in total. The van der Waals surface area contributed by atoms with Crippen molar-refractivity contribution in [1.82, 2.24) is 0 Å². The molecule has 0 bridgehead atoms. The molecule has 1 fully saturated rings. The summed E-state index contributed by atoms with van der Waals surface area (Å²) >= 11 is 0. The van der Waals surface area contributed by atoms with Crippen molar-refractivity contribution in [2.75, 3.05) is 0 Å². The molecule has 0 radical (unpaired) electrons. The minimum atomic E-state index is -3.72. The summed E-state index contributed by atoms with van der Waals surface area (Å²) < 4.78 is 99.4. The summed E-state index contributed by atoms with van der Waals surface area (Å²) in [5.41, 5.74) is -4.15. The minimum Gasteiger partial charge on any atom is -0.238 e. The summed E-state index contributed by atoms with van der Waals surface area (Å²) in [5.74, 6) is -9.50. The Bertz CT molecular complexity index is 840. The third kappa shape index (κ3) is 3.51. The van der Waals surface area contributed by atoms with E-state index in [2.05, 4.69) is 0 Å². The fourth-order valence-electron chi connectivity index (χ4n) is 3.86. The van der Waals surface area contributed by atoms with Crippen molar-refractivity contribution in [2.24, 2.45) is 0 Å². The number of benzene rings is 2. The van der Waals surface area contributed by atoms with Crippen LogP contribution < -0.4 is 0 Å². The average molecular weight is 404 g/mol. The Morgan fingerprint density at radius 1 is 0.857 bits per heavy atom. The fraction of sp³-hybridized carbons (Fsp3) is 0.429. The van der Waals surface area contributed by atoms with Gasteiger partial charge in [-0.3, -0.25) is 0 Å². The fourth-order valence-corrected chi connectivity index (χ4v) is 3.86. The van der Waals surface area contributed by atoms with Gasteiger partial charge in [0.25, 0.3) is 5.92 Å². The van der Waals surface area contributed by atoms with Gasteiger partial charge in [-0.25, -0.2) is 30.7 Å². The second kappa shape index (κ2) is 7.08. The first-order valence-corrected chi connectivity index (χ1v) is 9.01. The van der Waals surface area contributed by atoms with Crippen LogP contribution in [-0.4, -0.2) is 11.6 Å². The topological polar surface area (TPSA) is 0 Å². The molecule has 2 aromatic carbocycles. The highest BCUT2D eigenvalue weighted by molar-refractivity contribution is 5.66. The van der Waals surface area contributed by atoms with Crippen molar-refractivity contribution in [3.05, 3.63) is 58.7 Å². The third-order valence-corrected chi connectivity index (χ3v) is 5.31. The molecule has 28 heavy (non-hydrogen) atoms. The van der Waals surface area contributed by atoms with Gasteiger partial charge in [0.2, 0.25) is 0 Å². The lowest BCUT2D eigenvalue weighted by atomic mass is 9.92. The maximum Gasteiger partial charge on any atom is 0.281 e. The molecule has 0 heterocycles. The van der Waals surface area contributed by atoms with Crippen molar-refractivity contribution in [3.63, 3.8) is 0 Å². The van der Waals surface area contributed by atoms with Gasteiger partial charge >= 0.3 is 0 Å². The molecule has 0 amide bonds. The molecule has 2 aromatic rings. The van der Waals surface area contributed by atoms with Crippen LogP contribution >= 0.6 is 0 Å². The summed E-state index contributed by atoms with van der Waals surface area (Å²) in [6, 6.07) is 3.59. The number of halogens is 7. The zero-order valence-electron chi connectivity index (χ0n) is 15.4. The molecule has 7 heteroatoms. The van der Waals surface area contributed by atoms with Crippen LogP contribution in [0.1, 0.15) is 50.2 Å². The van der Waals surface area contributed by atoms with E-state index >= 15 is 0 Å². The van der Waals surface area contributed by atoms with Crippen LogP contribution in [0.25, 0.3) is 11.1 Å². The average Bonchev–Trinajstić information content (AvgIpc) is 2.73. The highest BCUT2D eigenvalue weighted by Crippen LogP contribution is 2.53. The summed E-state index contributed by atoms with van der Waals surface area (Å²) in [4.78, 5) is 0. The Kier molecular flexibility index (Phi) is 5.23. The second-order valence-electron chi connectivity index (χ2n) is 7.55. The highest BCUT2D eigenvalue weighted by Gasteiger charge is 2.59. The molecule has 1 saturated carbocycles. The summed E-state index contributed by atoms with van der Waals surface area (Å²) in [6.45, 7) is 2.53. The van der Waals surface area contributed by atoms with Gasteiger partial charge in [0.05, 0.1) is 5.56 Å². The SMILES string of the molecule is CCCc1cc(F)c(-c2cc(F)c(C3CC(C)(F)C(F)(F)C3)c(F)c2)c(F)c1. The van der Waals surface area contributed by atoms with E-state index < -0.39 is 64.7 Å². The Hall–Kier alpha value is -2.05. The zero-order valence-corrected chi connectivity index (χ0v) is 15.4. The Morgan fingerprint density at radius 3 is 1.82 bits per heavy atom. The Labute approximate surface area is 158 Å². The highest BCUT2D eigenvalue weighted by atomic mass is 19.3. The minimum absolute atomic E-state index is 0.385. The van der Waals surface area contributed by atoms with Crippen LogP contribution in [0.5, 0.6) is 0 Å². The summed E-state index contributed by atoms with van der Waals surface area (Å²) in [5, 5.41) is 0. The molecular formula is C21H19F7. The number of hydrogen-bond acceptors (Lipinski definition) is 0. The van der Waals surface area contributed by atoms with Gasteiger partial charge < -0.3 is 0 Å². The van der Waals surface area contributed by atoms with Crippen LogP contribution in [0.2, 0.25) is 0 Å². The van der Waals surface area contributed by atoms with Crippen LogP contribution in [0.4, 0.5) is 30.7 Å². The molecule has 2 unspecified atom stereocenters. The summed E-state index contributed by atoms with van der Waals surface area (Å²) in [6.07, 6.45) is -0.688. The lowest BCUT2D eigenvalue weighted by Gasteiger charge is -2.21.